The zero-order chi connectivity index (χ0) is 20.6. The third-order valence-electron chi connectivity index (χ3n) is 4.06. The summed E-state index contributed by atoms with van der Waals surface area (Å²) in [5, 5.41) is 5.09. The van der Waals surface area contributed by atoms with E-state index < -0.39 is 0 Å². The number of carbonyl (C=O) groups excluding carboxylic acids is 1. The number of benzene rings is 2. The van der Waals surface area contributed by atoms with E-state index in [0.29, 0.717) is 18.1 Å². The third kappa shape index (κ3) is 5.48. The molecule has 0 bridgehead atoms. The van der Waals surface area contributed by atoms with Crippen molar-refractivity contribution in [3.63, 3.8) is 0 Å². The van der Waals surface area contributed by atoms with Crippen LogP contribution < -0.4 is 14.9 Å². The van der Waals surface area contributed by atoms with Crippen molar-refractivity contribution in [2.75, 3.05) is 19.5 Å². The molecule has 1 aromatic heterocycles. The van der Waals surface area contributed by atoms with E-state index in [0.717, 1.165) is 27.1 Å². The summed E-state index contributed by atoms with van der Waals surface area (Å²) in [4.78, 5) is 17.7. The van der Waals surface area contributed by atoms with Crippen LogP contribution in [0.5, 0.6) is 11.5 Å². The number of hydrazone groups is 1. The molecule has 7 heteroatoms. The quantitative estimate of drug-likeness (QED) is 0.343. The number of carbonyl (C=O) groups is 1. The van der Waals surface area contributed by atoms with Gasteiger partial charge < -0.3 is 9.47 Å². The van der Waals surface area contributed by atoms with Gasteiger partial charge in [-0.3, -0.25) is 9.78 Å². The lowest BCUT2D eigenvalue weighted by Crippen LogP contribution is -2.19. The maximum absolute atomic E-state index is 12.2. The lowest BCUT2D eigenvalue weighted by Gasteiger charge is -2.09. The lowest BCUT2D eigenvalue weighted by atomic mass is 10.2. The first-order valence-electron chi connectivity index (χ1n) is 9.22. The van der Waals surface area contributed by atoms with E-state index in [1.165, 1.54) is 11.8 Å². The van der Waals surface area contributed by atoms with Gasteiger partial charge in [-0.05, 0) is 49.7 Å². The molecule has 0 aliphatic rings. The Morgan fingerprint density at radius 1 is 1.21 bits per heavy atom. The van der Waals surface area contributed by atoms with Gasteiger partial charge in [-0.25, -0.2) is 5.43 Å². The molecule has 0 saturated heterocycles. The number of ether oxygens (including phenoxy) is 2. The molecule has 0 aliphatic carbocycles. The Kier molecular flexibility index (Phi) is 7.08. The normalized spacial score (nSPS) is 11.0. The monoisotopic (exact) mass is 409 g/mol. The van der Waals surface area contributed by atoms with Crippen LogP contribution in [0.25, 0.3) is 10.9 Å². The summed E-state index contributed by atoms with van der Waals surface area (Å²) < 4.78 is 10.8. The number of rotatable bonds is 8. The first-order chi connectivity index (χ1) is 14.1. The minimum Gasteiger partial charge on any atom is -0.493 e. The molecule has 6 nitrogen and oxygen atoms in total. The number of para-hydroxylation sites is 1. The van der Waals surface area contributed by atoms with Crippen LogP contribution in [0.2, 0.25) is 0 Å². The van der Waals surface area contributed by atoms with Crippen LogP contribution in [0.15, 0.2) is 58.5 Å². The molecular weight excluding hydrogens is 386 g/mol. The summed E-state index contributed by atoms with van der Waals surface area (Å²) in [6, 6.07) is 15.4. The molecule has 29 heavy (non-hydrogen) atoms. The van der Waals surface area contributed by atoms with E-state index >= 15 is 0 Å². The molecule has 0 aliphatic heterocycles. The Hall–Kier alpha value is -3.06. The Labute approximate surface area is 174 Å². The summed E-state index contributed by atoms with van der Waals surface area (Å²) in [5.74, 6) is 1.38. The van der Waals surface area contributed by atoms with Gasteiger partial charge in [-0.2, -0.15) is 5.10 Å². The van der Waals surface area contributed by atoms with Gasteiger partial charge >= 0.3 is 0 Å². The van der Waals surface area contributed by atoms with E-state index in [4.69, 9.17) is 9.47 Å². The Morgan fingerprint density at radius 2 is 2.03 bits per heavy atom. The molecular formula is C22H23N3O3S. The third-order valence-corrected chi connectivity index (χ3v) is 5.11. The molecule has 2 aromatic carbocycles. The van der Waals surface area contributed by atoms with Gasteiger partial charge in [-0.1, -0.05) is 18.2 Å². The number of thioether (sulfide) groups is 1. The standard InChI is InChI=1S/C22H23N3O3S/c1-4-28-20-12-16(9-10-19(20)27-3)13-23-25-22(26)14-29-21-11-15(2)24-18-8-6-5-7-17(18)21/h5-13H,4,14H2,1-3H3,(H,25,26)/b23-13+. The minimum absolute atomic E-state index is 0.177. The predicted octanol–water partition coefficient (Wildman–Crippen LogP) is 4.19. The fourth-order valence-corrected chi connectivity index (χ4v) is 3.72. The predicted molar refractivity (Wildman–Crippen MR) is 117 cm³/mol. The molecule has 0 radical (unpaired) electrons. The van der Waals surface area contributed by atoms with Crippen LogP contribution in [0.3, 0.4) is 0 Å². The van der Waals surface area contributed by atoms with Crippen LogP contribution in [0.1, 0.15) is 18.2 Å². The van der Waals surface area contributed by atoms with E-state index in [9.17, 15) is 4.79 Å². The number of pyridine rings is 1. The Balaban J connectivity index is 1.60. The van der Waals surface area contributed by atoms with E-state index in [-0.39, 0.29) is 11.7 Å². The van der Waals surface area contributed by atoms with Crippen LogP contribution in [-0.4, -0.2) is 36.6 Å². The van der Waals surface area contributed by atoms with Crippen LogP contribution in [0.4, 0.5) is 0 Å². The van der Waals surface area contributed by atoms with Crippen LogP contribution >= 0.6 is 11.8 Å². The molecule has 0 saturated carbocycles. The first-order valence-corrected chi connectivity index (χ1v) is 10.2. The summed E-state index contributed by atoms with van der Waals surface area (Å²) in [6.07, 6.45) is 1.58. The van der Waals surface area contributed by atoms with Gasteiger partial charge in [-0.15, -0.1) is 11.8 Å². The molecule has 0 atom stereocenters. The molecule has 0 fully saturated rings. The molecule has 150 valence electrons. The van der Waals surface area contributed by atoms with Gasteiger partial charge in [0.1, 0.15) is 0 Å². The lowest BCUT2D eigenvalue weighted by molar-refractivity contribution is -0.118. The zero-order valence-electron chi connectivity index (χ0n) is 16.6. The van der Waals surface area contributed by atoms with E-state index in [1.54, 1.807) is 19.4 Å². The molecule has 3 rings (SSSR count). The van der Waals surface area contributed by atoms with Crippen molar-refractivity contribution in [1.82, 2.24) is 10.4 Å². The van der Waals surface area contributed by atoms with Crippen LogP contribution in [0, 0.1) is 6.92 Å². The highest BCUT2D eigenvalue weighted by molar-refractivity contribution is 8.00. The highest BCUT2D eigenvalue weighted by atomic mass is 32.2. The second-order valence-electron chi connectivity index (χ2n) is 6.20. The summed E-state index contributed by atoms with van der Waals surface area (Å²) in [7, 11) is 1.59. The average Bonchev–Trinajstić information content (AvgIpc) is 2.72. The molecule has 0 spiro atoms. The Morgan fingerprint density at radius 3 is 2.83 bits per heavy atom. The first kappa shape index (κ1) is 20.7. The number of nitrogens with one attached hydrogen (secondary N) is 1. The maximum Gasteiger partial charge on any atom is 0.250 e. The zero-order valence-corrected chi connectivity index (χ0v) is 17.5. The topological polar surface area (TPSA) is 72.8 Å². The molecule has 1 heterocycles. The number of aryl methyl sites for hydroxylation is 1. The number of fused-ring (bicyclic) bond motifs is 1. The van der Waals surface area contributed by atoms with E-state index in [1.807, 2.05) is 56.3 Å². The highest BCUT2D eigenvalue weighted by Crippen LogP contribution is 2.28. The molecule has 1 N–H and O–H groups in total. The van der Waals surface area contributed by atoms with Gasteiger partial charge in [0.05, 0.1) is 31.2 Å². The fourth-order valence-electron chi connectivity index (χ4n) is 2.78. The number of amides is 1. The van der Waals surface area contributed by atoms with Gasteiger partial charge in [0.2, 0.25) is 5.91 Å². The number of nitrogens with zero attached hydrogens (tertiary/aromatic N) is 2. The number of aromatic nitrogens is 1. The number of hydrogen-bond donors (Lipinski definition) is 1. The summed E-state index contributed by atoms with van der Waals surface area (Å²) in [6.45, 7) is 4.39. The SMILES string of the molecule is CCOc1cc(/C=N/NC(=O)CSc2cc(C)nc3ccccc23)ccc1OC. The van der Waals surface area contributed by atoms with Gasteiger partial charge in [0.15, 0.2) is 11.5 Å². The summed E-state index contributed by atoms with van der Waals surface area (Å²) >= 11 is 1.47. The molecule has 3 aromatic rings. The van der Waals surface area contributed by atoms with Crippen molar-refractivity contribution in [3.8, 4) is 11.5 Å². The van der Waals surface area contributed by atoms with Crippen molar-refractivity contribution >= 4 is 34.8 Å². The van der Waals surface area contributed by atoms with Crippen molar-refractivity contribution in [2.45, 2.75) is 18.7 Å². The number of methoxy groups -OCH3 is 1. The van der Waals surface area contributed by atoms with Crippen LogP contribution in [-0.2, 0) is 4.79 Å². The molecule has 0 unspecified atom stereocenters. The van der Waals surface area contributed by atoms with Crippen molar-refractivity contribution in [3.05, 3.63) is 59.8 Å². The largest absolute Gasteiger partial charge is 0.493 e. The Bertz CT molecular complexity index is 1040. The average molecular weight is 410 g/mol. The van der Waals surface area contributed by atoms with Crippen molar-refractivity contribution < 1.29 is 14.3 Å². The maximum atomic E-state index is 12.2. The molecule has 1 amide bonds. The second kappa shape index (κ2) is 9.93. The van der Waals surface area contributed by atoms with Crippen molar-refractivity contribution in [1.29, 1.82) is 0 Å². The minimum atomic E-state index is -0.177. The van der Waals surface area contributed by atoms with Gasteiger partial charge in [0.25, 0.3) is 0 Å². The smallest absolute Gasteiger partial charge is 0.250 e. The van der Waals surface area contributed by atoms with E-state index in [2.05, 4.69) is 15.5 Å². The van der Waals surface area contributed by atoms with Crippen molar-refractivity contribution in [2.24, 2.45) is 5.10 Å². The van der Waals surface area contributed by atoms with Gasteiger partial charge in [0, 0.05) is 16.0 Å². The second-order valence-corrected chi connectivity index (χ2v) is 7.22. The number of hydrogen-bond acceptors (Lipinski definition) is 6. The fraction of sp³-hybridized carbons (Fsp3) is 0.227. The highest BCUT2D eigenvalue weighted by Gasteiger charge is 2.08. The summed E-state index contributed by atoms with van der Waals surface area (Å²) in [5.41, 5.74) is 5.22.